The third-order valence-electron chi connectivity index (χ3n) is 4.85. The summed E-state index contributed by atoms with van der Waals surface area (Å²) in [5.74, 6) is -1.82. The number of alkyl halides is 3. The van der Waals surface area contributed by atoms with Gasteiger partial charge in [-0.15, -0.1) is 0 Å². The van der Waals surface area contributed by atoms with Crippen LogP contribution in [0.25, 0.3) is 11.1 Å². The molecule has 0 bridgehead atoms. The van der Waals surface area contributed by atoms with Gasteiger partial charge in [-0.1, -0.05) is 18.2 Å². The molecule has 0 saturated carbocycles. The summed E-state index contributed by atoms with van der Waals surface area (Å²) in [5, 5.41) is 12.2. The highest BCUT2D eigenvalue weighted by Crippen LogP contribution is 2.32. The Balaban J connectivity index is 1.72. The average Bonchev–Trinajstić information content (AvgIpc) is 3.30. The van der Waals surface area contributed by atoms with Gasteiger partial charge < -0.3 is 10.6 Å². The minimum Gasteiger partial charge on any atom is -0.338 e. The van der Waals surface area contributed by atoms with Gasteiger partial charge in [0.2, 0.25) is 0 Å². The van der Waals surface area contributed by atoms with Crippen molar-refractivity contribution in [1.82, 2.24) is 15.2 Å². The van der Waals surface area contributed by atoms with Crippen molar-refractivity contribution in [2.75, 3.05) is 10.6 Å². The smallest absolute Gasteiger partial charge is 0.338 e. The Morgan fingerprint density at radius 2 is 1.79 bits per heavy atom. The monoisotopic (exact) mass is 455 g/mol. The summed E-state index contributed by atoms with van der Waals surface area (Å²) in [7, 11) is 0. The lowest BCUT2D eigenvalue weighted by molar-refractivity contribution is -0.137. The van der Waals surface area contributed by atoms with Crippen molar-refractivity contribution >= 4 is 23.1 Å². The molecule has 4 aromatic rings. The van der Waals surface area contributed by atoms with Crippen molar-refractivity contribution in [2.24, 2.45) is 0 Å². The Kier molecular flexibility index (Phi) is 5.82. The second-order valence-corrected chi connectivity index (χ2v) is 7.23. The van der Waals surface area contributed by atoms with E-state index in [2.05, 4.69) is 25.8 Å². The first-order valence-electron chi connectivity index (χ1n) is 9.72. The highest BCUT2D eigenvalue weighted by molar-refractivity contribution is 6.06. The number of rotatable bonds is 5. The molecule has 10 heteroatoms. The largest absolute Gasteiger partial charge is 0.416 e. The lowest BCUT2D eigenvalue weighted by Gasteiger charge is -2.15. The van der Waals surface area contributed by atoms with Gasteiger partial charge in [-0.25, -0.2) is 9.37 Å². The number of anilines is 3. The summed E-state index contributed by atoms with van der Waals surface area (Å²) in [6.07, 6.45) is -0.0546. The maximum Gasteiger partial charge on any atom is 0.416 e. The number of nitrogens with one attached hydrogen (secondary N) is 3. The van der Waals surface area contributed by atoms with Gasteiger partial charge in [-0.2, -0.15) is 18.3 Å². The fourth-order valence-electron chi connectivity index (χ4n) is 3.15. The van der Waals surface area contributed by atoms with Crippen molar-refractivity contribution in [3.8, 4) is 11.1 Å². The number of hydrogen-bond acceptors (Lipinski definition) is 4. The number of benzene rings is 2. The van der Waals surface area contributed by atoms with E-state index in [9.17, 15) is 22.4 Å². The van der Waals surface area contributed by atoms with E-state index in [0.29, 0.717) is 23.3 Å². The molecule has 4 rings (SSSR count). The van der Waals surface area contributed by atoms with Gasteiger partial charge in [-0.3, -0.25) is 9.89 Å². The van der Waals surface area contributed by atoms with E-state index < -0.39 is 29.0 Å². The van der Waals surface area contributed by atoms with E-state index in [0.717, 1.165) is 17.3 Å². The molecule has 1 amide bonds. The normalized spacial score (nSPS) is 11.3. The molecule has 33 heavy (non-hydrogen) atoms. The van der Waals surface area contributed by atoms with Crippen LogP contribution in [0.15, 0.2) is 67.1 Å². The zero-order chi connectivity index (χ0) is 23.6. The van der Waals surface area contributed by atoms with Crippen LogP contribution in [0.4, 0.5) is 34.8 Å². The molecule has 0 atom stereocenters. The van der Waals surface area contributed by atoms with Crippen LogP contribution >= 0.6 is 0 Å². The molecule has 0 aliphatic carbocycles. The van der Waals surface area contributed by atoms with Crippen LogP contribution in [0, 0.1) is 12.7 Å². The first-order chi connectivity index (χ1) is 15.7. The van der Waals surface area contributed by atoms with Crippen molar-refractivity contribution in [3.05, 3.63) is 89.6 Å². The summed E-state index contributed by atoms with van der Waals surface area (Å²) in [6.45, 7) is 1.88. The molecular weight excluding hydrogens is 438 g/mol. The molecule has 2 heterocycles. The molecule has 0 fully saturated rings. The molecule has 2 aromatic carbocycles. The van der Waals surface area contributed by atoms with Crippen LogP contribution in [0.2, 0.25) is 0 Å². The quantitative estimate of drug-likeness (QED) is 0.326. The van der Waals surface area contributed by atoms with Gasteiger partial charge in [0.05, 0.1) is 17.4 Å². The van der Waals surface area contributed by atoms with Crippen LogP contribution in [-0.4, -0.2) is 21.1 Å². The first-order valence-corrected chi connectivity index (χ1v) is 9.72. The number of aromatic nitrogens is 3. The topological polar surface area (TPSA) is 82.7 Å². The van der Waals surface area contributed by atoms with Gasteiger partial charge in [0, 0.05) is 34.8 Å². The summed E-state index contributed by atoms with van der Waals surface area (Å²) < 4.78 is 53.0. The van der Waals surface area contributed by atoms with Gasteiger partial charge in [0.25, 0.3) is 5.91 Å². The van der Waals surface area contributed by atoms with Gasteiger partial charge >= 0.3 is 6.18 Å². The molecule has 0 aliphatic heterocycles. The van der Waals surface area contributed by atoms with Crippen molar-refractivity contribution < 1.29 is 22.4 Å². The number of carbonyl (C=O) groups excluding carboxylic acids is 1. The third-order valence-corrected chi connectivity index (χ3v) is 4.85. The average molecular weight is 455 g/mol. The number of pyridine rings is 1. The Morgan fingerprint density at radius 3 is 2.48 bits per heavy atom. The van der Waals surface area contributed by atoms with E-state index in [1.807, 2.05) is 31.2 Å². The number of para-hydroxylation sites is 1. The number of aryl methyl sites for hydroxylation is 1. The molecule has 2 aromatic heterocycles. The number of H-pyrrole nitrogens is 1. The van der Waals surface area contributed by atoms with Crippen LogP contribution in [0.5, 0.6) is 0 Å². The highest BCUT2D eigenvalue weighted by Gasteiger charge is 2.32. The van der Waals surface area contributed by atoms with Crippen molar-refractivity contribution in [3.63, 3.8) is 0 Å². The maximum atomic E-state index is 13.8. The summed E-state index contributed by atoms with van der Waals surface area (Å²) in [4.78, 5) is 17.2. The predicted octanol–water partition coefficient (Wildman–Crippen LogP) is 5.93. The molecule has 0 aliphatic rings. The molecule has 0 radical (unpaired) electrons. The van der Waals surface area contributed by atoms with Gasteiger partial charge in [-0.05, 0) is 42.8 Å². The highest BCUT2D eigenvalue weighted by atomic mass is 19.4. The lowest BCUT2D eigenvalue weighted by Crippen LogP contribution is -2.16. The van der Waals surface area contributed by atoms with Crippen LogP contribution in [0.3, 0.4) is 0 Å². The second kappa shape index (κ2) is 8.73. The number of nitrogens with zero attached hydrogens (tertiary/aromatic N) is 2. The first kappa shape index (κ1) is 22.0. The number of amides is 1. The molecule has 0 saturated heterocycles. The Labute approximate surface area is 185 Å². The Bertz CT molecular complexity index is 1300. The fourth-order valence-corrected chi connectivity index (χ4v) is 3.15. The minimum absolute atomic E-state index is 0.194. The summed E-state index contributed by atoms with van der Waals surface area (Å²) in [6, 6.07) is 10.6. The maximum absolute atomic E-state index is 13.8. The van der Waals surface area contributed by atoms with E-state index in [-0.39, 0.29) is 11.5 Å². The number of hydrogen-bond donors (Lipinski definition) is 3. The van der Waals surface area contributed by atoms with Crippen LogP contribution in [-0.2, 0) is 6.18 Å². The van der Waals surface area contributed by atoms with Crippen molar-refractivity contribution in [2.45, 2.75) is 13.1 Å². The predicted molar refractivity (Wildman–Crippen MR) is 116 cm³/mol. The summed E-state index contributed by atoms with van der Waals surface area (Å²) >= 11 is 0. The Morgan fingerprint density at radius 1 is 1.00 bits per heavy atom. The van der Waals surface area contributed by atoms with E-state index in [1.54, 1.807) is 24.7 Å². The molecule has 168 valence electrons. The molecule has 0 unspecified atom stereocenters. The number of carbonyl (C=O) groups is 1. The molecule has 0 spiro atoms. The fraction of sp³-hybridized carbons (Fsp3) is 0.0870. The number of halogens is 4. The third kappa shape index (κ3) is 5.00. The molecular formula is C23H17F4N5O. The van der Waals surface area contributed by atoms with E-state index >= 15 is 0 Å². The van der Waals surface area contributed by atoms with E-state index in [1.165, 1.54) is 0 Å². The van der Waals surface area contributed by atoms with Gasteiger partial charge in [0.1, 0.15) is 5.82 Å². The molecule has 3 N–H and O–H groups in total. The van der Waals surface area contributed by atoms with Crippen LogP contribution in [0.1, 0.15) is 21.5 Å². The van der Waals surface area contributed by atoms with Crippen molar-refractivity contribution in [1.29, 1.82) is 0 Å². The van der Waals surface area contributed by atoms with Crippen LogP contribution < -0.4 is 10.6 Å². The standard InChI is InChI=1S/C23H17F4N5O/c1-13-4-2-3-5-19(13)31-21-20(8-15(10-28-21)16-11-29-30-12-16)32-22(33)14-6-17(23(25,26)27)9-18(24)7-14/h2-12H,1H3,(H,28,31)(H,29,30)(H,32,33). The minimum atomic E-state index is -4.79. The zero-order valence-corrected chi connectivity index (χ0v) is 17.2. The zero-order valence-electron chi connectivity index (χ0n) is 17.2. The van der Waals surface area contributed by atoms with Gasteiger partial charge in [0.15, 0.2) is 5.82 Å². The summed E-state index contributed by atoms with van der Waals surface area (Å²) in [5.41, 5.74) is 1.39. The molecule has 6 nitrogen and oxygen atoms in total. The van der Waals surface area contributed by atoms with E-state index in [4.69, 9.17) is 0 Å². The lowest BCUT2D eigenvalue weighted by atomic mass is 10.1. The Hall–Kier alpha value is -4.21. The SMILES string of the molecule is Cc1ccccc1Nc1ncc(-c2cn[nH]c2)cc1NC(=O)c1cc(F)cc(C(F)(F)F)c1. The second-order valence-electron chi connectivity index (χ2n) is 7.23. The number of aromatic amines is 1.